The van der Waals surface area contributed by atoms with Crippen LogP contribution in [0.5, 0.6) is 0 Å². The summed E-state index contributed by atoms with van der Waals surface area (Å²) in [5.41, 5.74) is 30.1. The molecule has 2 heteroatoms. The van der Waals surface area contributed by atoms with Crippen LogP contribution in [0.1, 0.15) is 172 Å². The molecule has 0 atom stereocenters. The zero-order chi connectivity index (χ0) is 62.6. The Balaban J connectivity index is 0.000000564. The number of aryl methyl sites for hydroxylation is 8. The molecule has 6 aromatic rings. The summed E-state index contributed by atoms with van der Waals surface area (Å²) >= 11 is 0. The van der Waals surface area contributed by atoms with E-state index < -0.39 is 0 Å². The van der Waals surface area contributed by atoms with Crippen LogP contribution in [-0.2, 0) is 52.4 Å². The molecule has 4 fully saturated rings. The molecule has 0 aromatic heterocycles. The van der Waals surface area contributed by atoms with Gasteiger partial charge in [-0.15, -0.1) is 44.5 Å². The summed E-state index contributed by atoms with van der Waals surface area (Å²) in [7, 11) is 0. The van der Waals surface area contributed by atoms with Gasteiger partial charge in [-0.3, -0.25) is 46.6 Å². The normalized spacial score (nSPS) is 16.7. The molecule has 14 aliphatic rings. The molecule has 14 aliphatic carbocycles. The summed E-state index contributed by atoms with van der Waals surface area (Å²) in [6.07, 6.45) is 68.7. The second kappa shape index (κ2) is 41.7. The molecule has 0 spiro atoms. The fourth-order valence-corrected chi connectivity index (χ4v) is 11.9. The minimum Gasteiger partial charge on any atom is -0.294 e. The maximum atomic E-state index is 4.02. The van der Waals surface area contributed by atoms with Crippen LogP contribution in [0, 0.1) is 208 Å². The van der Waals surface area contributed by atoms with Gasteiger partial charge in [-0.05, 0) is 173 Å². The fraction of sp³-hybridized carbons (Fsp3) is 0.273. The summed E-state index contributed by atoms with van der Waals surface area (Å²) in [5, 5.41) is 0. The molecule has 0 aliphatic heterocycles. The maximum absolute atomic E-state index is 4.02. The van der Waals surface area contributed by atoms with Crippen molar-refractivity contribution in [1.82, 2.24) is 0 Å². The van der Waals surface area contributed by atoms with Gasteiger partial charge in [0, 0.05) is 0 Å². The zero-order valence-electron chi connectivity index (χ0n) is 56.3. The molecule has 0 N–H and O–H groups in total. The summed E-state index contributed by atoms with van der Waals surface area (Å²) in [6.45, 7) is 27.5. The summed E-state index contributed by atoms with van der Waals surface area (Å²) in [6, 6.07) is 37.7. The van der Waals surface area contributed by atoms with Gasteiger partial charge >= 0.3 is 52.4 Å². The Hall–Kier alpha value is -3.95. The van der Waals surface area contributed by atoms with Crippen LogP contribution < -0.4 is 0 Å². The van der Waals surface area contributed by atoms with Crippen LogP contribution in [-0.4, -0.2) is 0 Å². The van der Waals surface area contributed by atoms with Crippen LogP contribution >= 0.6 is 0 Å². The first-order valence-corrected chi connectivity index (χ1v) is 32.7. The Kier molecular flexibility index (Phi) is 35.6. The second-order valence-electron chi connectivity index (χ2n) is 23.6. The molecular weight excluding hydrogens is 1240 g/mol. The number of unbranched alkanes of at least 4 members (excludes halogenated alkanes) is 8. The minimum absolute atomic E-state index is 0. The van der Waals surface area contributed by atoms with E-state index in [4.69, 9.17) is 0 Å². The first kappa shape index (κ1) is 76.8. The van der Waals surface area contributed by atoms with Gasteiger partial charge in [0.1, 0.15) is 0 Å². The molecule has 0 saturated heterocycles. The molecule has 0 nitrogen and oxygen atoms in total. The van der Waals surface area contributed by atoms with Gasteiger partial charge in [-0.25, -0.2) is 0 Å². The second-order valence-corrected chi connectivity index (χ2v) is 23.6. The standard InChI is InChI=1S/C68H76.4C5H5.2Zr/c1-13-17-21-25-61-62(26-22-18-14-2)66-47(7)39-58(40-48(66)8)54-33-35-56(36-34-54)60-43-51(11)68(52(12)44-60)64(28-24-20-16-4)63(27-23-19-15-3)67-49(9)41-59(42-50(67)10)55-31-29-53(30-32-55)57-37-45(5)65(61)46(6)38-57;4*1-2-4-5-3-1;;/h29-44H,13-24H2,1-12H3;4*1-5H;;/q-4;;;;;2*+4. The van der Waals surface area contributed by atoms with Crippen molar-refractivity contribution in [3.63, 3.8) is 0 Å². The first-order valence-electron chi connectivity index (χ1n) is 32.7. The van der Waals surface area contributed by atoms with Gasteiger partial charge in [0.05, 0.1) is 0 Å². The molecule has 6 aromatic carbocycles. The van der Waals surface area contributed by atoms with Gasteiger partial charge in [0.25, 0.3) is 0 Å². The van der Waals surface area contributed by atoms with Gasteiger partial charge < -0.3 is 0 Å². The minimum atomic E-state index is 0. The molecule has 0 amide bonds. The van der Waals surface area contributed by atoms with E-state index in [-0.39, 0.29) is 52.4 Å². The van der Waals surface area contributed by atoms with Crippen LogP contribution in [0.15, 0.2) is 97.1 Å². The van der Waals surface area contributed by atoms with E-state index in [0.29, 0.717) is 0 Å². The summed E-state index contributed by atoms with van der Waals surface area (Å²) < 4.78 is 0. The number of hydrogen-bond acceptors (Lipinski definition) is 0. The van der Waals surface area contributed by atoms with E-state index in [9.17, 15) is 0 Å². The zero-order valence-corrected chi connectivity index (χ0v) is 61.2. The van der Waals surface area contributed by atoms with Crippen molar-refractivity contribution < 1.29 is 52.4 Å². The predicted octanol–water partition coefficient (Wildman–Crippen LogP) is 24.1. The van der Waals surface area contributed by atoms with Crippen molar-refractivity contribution in [2.75, 3.05) is 0 Å². The van der Waals surface area contributed by atoms with E-state index in [2.05, 4.69) is 204 Å². The van der Waals surface area contributed by atoms with Crippen molar-refractivity contribution in [3.05, 3.63) is 317 Å². The van der Waals surface area contributed by atoms with E-state index in [1.165, 1.54) is 134 Å². The van der Waals surface area contributed by atoms with Crippen molar-refractivity contribution in [2.45, 2.75) is 160 Å². The SMILES string of the molecule is CCCC[C-]=C1C(=[C-]CCCC)c2c(C)cc(cc2C)-c2ccc(cc2)-c2cc(C)c(c(C)c2)C(=[C-]CCCC)C(=[C-]CCCC)c2c(C)cc(cc2C)-c2ccc(cc2)-c2cc(C)c1c(C)c2.[CH]1[CH][CH][CH][CH]1.[CH]1[CH][CH][CH][CH]1.[CH]1[CH][CH][CH][CH]1.[CH]1[CH][CH][CH][CH]1.[Zr+4].[Zr+4]. The molecule has 0 unspecified atom stereocenters. The van der Waals surface area contributed by atoms with Crippen LogP contribution in [0.4, 0.5) is 0 Å². The van der Waals surface area contributed by atoms with Gasteiger partial charge in [0.2, 0.25) is 0 Å². The van der Waals surface area contributed by atoms with E-state index in [1.807, 2.05) is 128 Å². The van der Waals surface area contributed by atoms with Gasteiger partial charge in [0.15, 0.2) is 0 Å². The quantitative estimate of drug-likeness (QED) is 0.0846. The molecule has 90 heavy (non-hydrogen) atoms. The molecule has 452 valence electrons. The number of rotatable bonds is 12. The van der Waals surface area contributed by atoms with Crippen molar-refractivity contribution in [3.8, 4) is 44.5 Å². The third kappa shape index (κ3) is 22.6. The largest absolute Gasteiger partial charge is 4.00 e. The van der Waals surface area contributed by atoms with Crippen molar-refractivity contribution >= 4 is 22.3 Å². The summed E-state index contributed by atoms with van der Waals surface area (Å²) in [4.78, 5) is 0. The molecule has 0 heterocycles. The Morgan fingerprint density at radius 2 is 0.344 bits per heavy atom. The van der Waals surface area contributed by atoms with Gasteiger partial charge in [-0.1, -0.05) is 257 Å². The molecule has 4 saturated carbocycles. The molecule has 20 rings (SSSR count). The number of hydrogen-bond donors (Lipinski definition) is 0. The average Bonchev–Trinajstić information content (AvgIpc) is 1.23. The van der Waals surface area contributed by atoms with Crippen LogP contribution in [0.2, 0.25) is 0 Å². The molecular formula is C88H96Zr2+4. The third-order valence-corrected chi connectivity index (χ3v) is 16.3. The maximum Gasteiger partial charge on any atom is 4.00 e. The number of allylic oxidation sites excluding steroid dienone is 8. The van der Waals surface area contributed by atoms with E-state index in [0.717, 1.165) is 77.0 Å². The van der Waals surface area contributed by atoms with Crippen molar-refractivity contribution in [2.24, 2.45) is 0 Å². The first-order chi connectivity index (χ1) is 42.9. The van der Waals surface area contributed by atoms with Crippen LogP contribution in [0.25, 0.3) is 66.8 Å². The third-order valence-electron chi connectivity index (χ3n) is 16.3. The van der Waals surface area contributed by atoms with E-state index >= 15 is 0 Å². The smallest absolute Gasteiger partial charge is 0.294 e. The predicted molar refractivity (Wildman–Crippen MR) is 383 cm³/mol. The Bertz CT molecular complexity index is 2670. The topological polar surface area (TPSA) is 0 Å². The molecule has 20 radical (unpaired) electrons. The average molecular weight is 1340 g/mol. The Labute approximate surface area is 590 Å². The van der Waals surface area contributed by atoms with Crippen LogP contribution in [0.3, 0.4) is 0 Å². The fourth-order valence-electron chi connectivity index (χ4n) is 11.9. The Morgan fingerprint density at radius 3 is 0.467 bits per heavy atom. The monoisotopic (exact) mass is 1330 g/mol. The van der Waals surface area contributed by atoms with E-state index in [1.54, 1.807) is 0 Å². The molecule has 12 bridgehead atoms. The van der Waals surface area contributed by atoms with Crippen molar-refractivity contribution in [1.29, 1.82) is 0 Å². The summed E-state index contributed by atoms with van der Waals surface area (Å²) in [5.74, 6) is 0. The number of benzene rings is 6. The Morgan fingerprint density at radius 1 is 0.211 bits per heavy atom. The van der Waals surface area contributed by atoms with Gasteiger partial charge in [-0.2, -0.15) is 22.3 Å².